The van der Waals surface area contributed by atoms with Gasteiger partial charge >= 0.3 is 0 Å². The zero-order valence-electron chi connectivity index (χ0n) is 12.7. The van der Waals surface area contributed by atoms with Crippen molar-refractivity contribution in [1.29, 1.82) is 0 Å². The van der Waals surface area contributed by atoms with Crippen molar-refractivity contribution in [1.82, 2.24) is 15.3 Å². The zero-order valence-corrected chi connectivity index (χ0v) is 15.9. The van der Waals surface area contributed by atoms with E-state index in [2.05, 4.69) is 59.3 Å². The van der Waals surface area contributed by atoms with Gasteiger partial charge in [0.2, 0.25) is 0 Å². The first-order valence-electron chi connectivity index (χ1n) is 7.42. The molecule has 0 bridgehead atoms. The molecule has 23 heavy (non-hydrogen) atoms. The van der Waals surface area contributed by atoms with Crippen molar-refractivity contribution in [3.8, 4) is 5.75 Å². The summed E-state index contributed by atoms with van der Waals surface area (Å²) in [6, 6.07) is 12.2. The number of H-pyrrole nitrogens is 1. The largest absolute Gasteiger partial charge is 0.492 e. The maximum Gasteiger partial charge on any atom is 0.147 e. The Morgan fingerprint density at radius 2 is 1.87 bits per heavy atom. The average molecular weight is 439 g/mol. The molecule has 4 nitrogen and oxygen atoms in total. The Balaban J connectivity index is 1.64. The second-order valence-electron chi connectivity index (χ2n) is 5.13. The van der Waals surface area contributed by atoms with E-state index < -0.39 is 0 Å². The maximum absolute atomic E-state index is 5.60. The Morgan fingerprint density at radius 1 is 1.13 bits per heavy atom. The summed E-state index contributed by atoms with van der Waals surface area (Å²) >= 11 is 7.12. The van der Waals surface area contributed by atoms with Crippen LogP contribution >= 0.6 is 31.9 Å². The van der Waals surface area contributed by atoms with Gasteiger partial charge in [0, 0.05) is 6.54 Å². The molecule has 1 aromatic heterocycles. The molecule has 0 saturated carbocycles. The SMILES string of the molecule is CCOc1c(Br)cc(CNCc2nc3ccccc3[nH]2)cc1Br. The van der Waals surface area contributed by atoms with Crippen LogP contribution in [0.25, 0.3) is 11.0 Å². The van der Waals surface area contributed by atoms with E-state index in [0.29, 0.717) is 13.2 Å². The van der Waals surface area contributed by atoms with E-state index in [9.17, 15) is 0 Å². The highest BCUT2D eigenvalue weighted by molar-refractivity contribution is 9.11. The second-order valence-corrected chi connectivity index (χ2v) is 6.83. The number of nitrogens with zero attached hydrogens (tertiary/aromatic N) is 1. The molecule has 0 amide bonds. The van der Waals surface area contributed by atoms with Crippen molar-refractivity contribution < 1.29 is 4.74 Å². The van der Waals surface area contributed by atoms with Gasteiger partial charge in [0.1, 0.15) is 11.6 Å². The quantitative estimate of drug-likeness (QED) is 0.582. The Morgan fingerprint density at radius 3 is 2.57 bits per heavy atom. The molecule has 2 N–H and O–H groups in total. The lowest BCUT2D eigenvalue weighted by Crippen LogP contribution is -2.13. The van der Waals surface area contributed by atoms with E-state index in [0.717, 1.165) is 38.1 Å². The molecule has 1 heterocycles. The minimum Gasteiger partial charge on any atom is -0.492 e. The lowest BCUT2D eigenvalue weighted by molar-refractivity contribution is 0.336. The van der Waals surface area contributed by atoms with Crippen molar-refractivity contribution in [2.45, 2.75) is 20.0 Å². The molecule has 0 radical (unpaired) electrons. The molecule has 0 aliphatic carbocycles. The third-order valence-corrected chi connectivity index (χ3v) is 4.58. The number of aromatic nitrogens is 2. The van der Waals surface area contributed by atoms with Crippen molar-refractivity contribution in [2.24, 2.45) is 0 Å². The molecule has 120 valence electrons. The van der Waals surface area contributed by atoms with Crippen LogP contribution in [-0.2, 0) is 13.1 Å². The highest BCUT2D eigenvalue weighted by Crippen LogP contribution is 2.34. The molecule has 0 aliphatic rings. The maximum atomic E-state index is 5.60. The Bertz CT molecular complexity index is 760. The van der Waals surface area contributed by atoms with Crippen LogP contribution in [0.15, 0.2) is 45.3 Å². The molecule has 0 fully saturated rings. The Labute approximate surface area is 151 Å². The number of benzene rings is 2. The normalized spacial score (nSPS) is 11.1. The van der Waals surface area contributed by atoms with E-state index >= 15 is 0 Å². The van der Waals surface area contributed by atoms with Crippen LogP contribution in [-0.4, -0.2) is 16.6 Å². The van der Waals surface area contributed by atoms with Crippen LogP contribution in [0.3, 0.4) is 0 Å². The van der Waals surface area contributed by atoms with Gasteiger partial charge in [-0.1, -0.05) is 12.1 Å². The van der Waals surface area contributed by atoms with Gasteiger partial charge in [-0.15, -0.1) is 0 Å². The molecular weight excluding hydrogens is 422 g/mol. The summed E-state index contributed by atoms with van der Waals surface area (Å²) in [4.78, 5) is 7.88. The number of imidazole rings is 1. The number of nitrogens with one attached hydrogen (secondary N) is 2. The summed E-state index contributed by atoms with van der Waals surface area (Å²) in [5.41, 5.74) is 3.23. The number of hydrogen-bond acceptors (Lipinski definition) is 3. The molecule has 0 atom stereocenters. The molecule has 0 spiro atoms. The minimum atomic E-state index is 0.640. The number of fused-ring (bicyclic) bond motifs is 1. The van der Waals surface area contributed by atoms with Gasteiger partial charge in [0.15, 0.2) is 0 Å². The van der Waals surface area contributed by atoms with E-state index in [1.165, 1.54) is 5.56 Å². The van der Waals surface area contributed by atoms with Gasteiger partial charge in [-0.05, 0) is 68.6 Å². The third-order valence-electron chi connectivity index (χ3n) is 3.41. The first kappa shape index (κ1) is 16.5. The lowest BCUT2D eigenvalue weighted by atomic mass is 10.2. The zero-order chi connectivity index (χ0) is 16.2. The lowest BCUT2D eigenvalue weighted by Gasteiger charge is -2.11. The molecule has 3 rings (SSSR count). The molecule has 3 aromatic rings. The fourth-order valence-electron chi connectivity index (χ4n) is 2.41. The van der Waals surface area contributed by atoms with E-state index in [-0.39, 0.29) is 0 Å². The third kappa shape index (κ3) is 3.94. The fraction of sp³-hybridized carbons (Fsp3) is 0.235. The van der Waals surface area contributed by atoms with Crippen LogP contribution in [0.4, 0.5) is 0 Å². The molecular formula is C17H17Br2N3O. The van der Waals surface area contributed by atoms with E-state index in [1.807, 2.05) is 31.2 Å². The highest BCUT2D eigenvalue weighted by Gasteiger charge is 2.09. The van der Waals surface area contributed by atoms with Crippen molar-refractivity contribution in [3.05, 3.63) is 56.7 Å². The van der Waals surface area contributed by atoms with Crippen molar-refractivity contribution >= 4 is 42.9 Å². The van der Waals surface area contributed by atoms with Gasteiger partial charge in [0.05, 0.1) is 33.1 Å². The van der Waals surface area contributed by atoms with E-state index in [1.54, 1.807) is 0 Å². The van der Waals surface area contributed by atoms with Crippen LogP contribution in [0.2, 0.25) is 0 Å². The fourth-order valence-corrected chi connectivity index (χ4v) is 3.92. The topological polar surface area (TPSA) is 49.9 Å². The van der Waals surface area contributed by atoms with Gasteiger partial charge in [-0.2, -0.15) is 0 Å². The van der Waals surface area contributed by atoms with Gasteiger partial charge in [-0.3, -0.25) is 0 Å². The number of ether oxygens (including phenoxy) is 1. The predicted molar refractivity (Wildman–Crippen MR) is 99.6 cm³/mol. The number of hydrogen-bond donors (Lipinski definition) is 2. The van der Waals surface area contributed by atoms with Crippen molar-refractivity contribution in [2.75, 3.05) is 6.61 Å². The summed E-state index contributed by atoms with van der Waals surface area (Å²) < 4.78 is 7.51. The van der Waals surface area contributed by atoms with Gasteiger partial charge in [0.25, 0.3) is 0 Å². The second kappa shape index (κ2) is 7.47. The summed E-state index contributed by atoms with van der Waals surface area (Å²) in [5, 5.41) is 3.41. The van der Waals surface area contributed by atoms with Crippen LogP contribution in [0, 0.1) is 0 Å². The first-order chi connectivity index (χ1) is 11.2. The van der Waals surface area contributed by atoms with Crippen molar-refractivity contribution in [3.63, 3.8) is 0 Å². The number of aromatic amines is 1. The number of para-hydroxylation sites is 2. The van der Waals surface area contributed by atoms with Gasteiger partial charge < -0.3 is 15.0 Å². The first-order valence-corrected chi connectivity index (χ1v) is 9.01. The molecule has 0 unspecified atom stereocenters. The predicted octanol–water partition coefficient (Wildman–Crippen LogP) is 4.78. The highest BCUT2D eigenvalue weighted by atomic mass is 79.9. The van der Waals surface area contributed by atoms with Crippen LogP contribution in [0.5, 0.6) is 5.75 Å². The molecule has 6 heteroatoms. The Kier molecular flexibility index (Phi) is 5.35. The molecule has 0 saturated heterocycles. The summed E-state index contributed by atoms with van der Waals surface area (Å²) in [6.45, 7) is 4.06. The summed E-state index contributed by atoms with van der Waals surface area (Å²) in [6.07, 6.45) is 0. The monoisotopic (exact) mass is 437 g/mol. The number of halogens is 2. The summed E-state index contributed by atoms with van der Waals surface area (Å²) in [5.74, 6) is 1.78. The standard InChI is InChI=1S/C17H17Br2N3O/c1-2-23-17-12(18)7-11(8-13(17)19)9-20-10-16-21-14-5-3-4-6-15(14)22-16/h3-8,20H,2,9-10H2,1H3,(H,21,22). The van der Waals surface area contributed by atoms with E-state index in [4.69, 9.17) is 4.74 Å². The Hall–Kier alpha value is -1.37. The van der Waals surface area contributed by atoms with Gasteiger partial charge in [-0.25, -0.2) is 4.98 Å². The number of rotatable bonds is 6. The van der Waals surface area contributed by atoms with Crippen LogP contribution in [0.1, 0.15) is 18.3 Å². The van der Waals surface area contributed by atoms with Crippen LogP contribution < -0.4 is 10.1 Å². The summed E-state index contributed by atoms with van der Waals surface area (Å²) in [7, 11) is 0. The molecule has 2 aromatic carbocycles. The average Bonchev–Trinajstić information content (AvgIpc) is 2.93. The molecule has 0 aliphatic heterocycles. The smallest absolute Gasteiger partial charge is 0.147 e. The minimum absolute atomic E-state index is 0.640.